The van der Waals surface area contributed by atoms with Crippen molar-refractivity contribution in [2.75, 3.05) is 12.9 Å². The number of carbonyl (C=O) groups excluding carboxylic acids is 1. The Balaban J connectivity index is 0. The number of methoxy groups -OCH3 is 1. The quantitative estimate of drug-likeness (QED) is 0.488. The van der Waals surface area contributed by atoms with E-state index in [4.69, 9.17) is 5.11 Å². The second kappa shape index (κ2) is 8.95. The summed E-state index contributed by atoms with van der Waals surface area (Å²) in [5, 5.41) is 9.10. The van der Waals surface area contributed by atoms with Gasteiger partial charge in [0, 0.05) is 5.75 Å². The molecule has 0 bridgehead atoms. The Morgan fingerprint density at radius 3 is 2.81 bits per heavy atom. The summed E-state index contributed by atoms with van der Waals surface area (Å²) in [5.74, 6) is -1.98. The molecule has 2 aromatic rings. The molecule has 1 aromatic heterocycles. The van der Waals surface area contributed by atoms with E-state index >= 15 is 0 Å². The number of aromatic nitrogens is 1. The zero-order valence-electron chi connectivity index (χ0n) is 13.4. The van der Waals surface area contributed by atoms with Gasteiger partial charge in [-0.2, -0.15) is 0 Å². The first-order chi connectivity index (χ1) is 9.60. The van der Waals surface area contributed by atoms with Gasteiger partial charge in [-0.1, -0.05) is 23.9 Å². The van der Waals surface area contributed by atoms with Crippen LogP contribution in [0.2, 0.25) is 0 Å². The topological polar surface area (TPSA) is 76.5 Å². The normalized spacial score (nSPS) is 11.7. The summed E-state index contributed by atoms with van der Waals surface area (Å²) in [6.07, 6.45) is -0.121. The van der Waals surface area contributed by atoms with Gasteiger partial charge in [0.05, 0.1) is 29.7 Å². The number of thioether (sulfide) groups is 1. The third kappa shape index (κ3) is 5.41. The maximum atomic E-state index is 11.2. The summed E-state index contributed by atoms with van der Waals surface area (Å²) in [6, 6.07) is 7.74. The van der Waals surface area contributed by atoms with E-state index in [1.807, 2.05) is 24.3 Å². The van der Waals surface area contributed by atoms with E-state index in [9.17, 15) is 9.59 Å². The van der Waals surface area contributed by atoms with E-state index < -0.39 is 17.9 Å². The Labute approximate surface area is 163 Å². The SMILES string of the molecule is COC(=O)CC(CSc1nc2ccccc2s1)C(=O)O.[Ca+2].[H-].[H-]. The van der Waals surface area contributed by atoms with Gasteiger partial charge < -0.3 is 12.7 Å². The molecule has 8 heteroatoms. The van der Waals surface area contributed by atoms with Gasteiger partial charge in [0.15, 0.2) is 4.34 Å². The molecule has 0 saturated heterocycles. The van der Waals surface area contributed by atoms with Crippen LogP contribution in [0.15, 0.2) is 28.6 Å². The van der Waals surface area contributed by atoms with Crippen LogP contribution in [0.3, 0.4) is 0 Å². The number of aliphatic carboxylic acids is 1. The van der Waals surface area contributed by atoms with Crippen LogP contribution in [0.1, 0.15) is 9.27 Å². The summed E-state index contributed by atoms with van der Waals surface area (Å²) >= 11 is 2.87. The maximum absolute atomic E-state index is 11.2. The van der Waals surface area contributed by atoms with Gasteiger partial charge >= 0.3 is 49.7 Å². The van der Waals surface area contributed by atoms with Crippen LogP contribution in [-0.2, 0) is 14.3 Å². The number of hydrogen-bond donors (Lipinski definition) is 1. The van der Waals surface area contributed by atoms with Gasteiger partial charge in [-0.15, -0.1) is 11.3 Å². The van der Waals surface area contributed by atoms with Crippen molar-refractivity contribution in [2.45, 2.75) is 10.8 Å². The van der Waals surface area contributed by atoms with Crippen molar-refractivity contribution in [3.05, 3.63) is 24.3 Å². The smallest absolute Gasteiger partial charge is 1.00 e. The van der Waals surface area contributed by atoms with Crippen molar-refractivity contribution >= 4 is 83.0 Å². The number of fused-ring (bicyclic) bond motifs is 1. The average molecular weight is 353 g/mol. The predicted molar refractivity (Wildman–Crippen MR) is 86.1 cm³/mol. The van der Waals surface area contributed by atoms with Crippen molar-refractivity contribution in [1.82, 2.24) is 4.98 Å². The number of hydrogen-bond acceptors (Lipinski definition) is 6. The number of para-hydroxylation sites is 1. The van der Waals surface area contributed by atoms with Crippen LogP contribution in [0.5, 0.6) is 0 Å². The molecule has 1 N–H and O–H groups in total. The van der Waals surface area contributed by atoms with Crippen LogP contribution >= 0.6 is 23.1 Å². The molecule has 5 nitrogen and oxygen atoms in total. The standard InChI is InChI=1S/C13H13NO4S2.Ca.2H/c1-18-11(15)6-8(12(16)17)7-19-13-14-9-4-2-3-5-10(9)20-13;;;/h2-5,8H,6-7H2,1H3,(H,16,17);;;/q;+2;2*-1. The number of carboxylic acid groups (broad SMARTS) is 1. The second-order valence-electron chi connectivity index (χ2n) is 4.07. The average Bonchev–Trinajstić information content (AvgIpc) is 2.85. The third-order valence-corrected chi connectivity index (χ3v) is 5.01. The largest absolute Gasteiger partial charge is 2.00 e. The molecule has 2 rings (SSSR count). The predicted octanol–water partition coefficient (Wildman–Crippen LogP) is 2.50. The first-order valence-corrected chi connectivity index (χ1v) is 7.68. The number of ether oxygens (including phenoxy) is 1. The first kappa shape index (κ1) is 18.7. The maximum Gasteiger partial charge on any atom is 2.00 e. The molecule has 110 valence electrons. The van der Waals surface area contributed by atoms with Gasteiger partial charge in [-0.3, -0.25) is 9.59 Å². The molecular weight excluding hydrogens is 338 g/mol. The zero-order valence-corrected chi connectivity index (χ0v) is 15.3. The van der Waals surface area contributed by atoms with Crippen molar-refractivity contribution in [3.63, 3.8) is 0 Å². The van der Waals surface area contributed by atoms with Crippen LogP contribution in [0.25, 0.3) is 10.2 Å². The molecule has 1 unspecified atom stereocenters. The monoisotopic (exact) mass is 353 g/mol. The van der Waals surface area contributed by atoms with E-state index in [1.165, 1.54) is 30.2 Å². The third-order valence-electron chi connectivity index (χ3n) is 2.67. The number of thiazole rings is 1. The fraction of sp³-hybridized carbons (Fsp3) is 0.308. The molecule has 1 heterocycles. The number of carboxylic acids is 1. The number of esters is 1. The van der Waals surface area contributed by atoms with Gasteiger partial charge in [0.1, 0.15) is 0 Å². The summed E-state index contributed by atoms with van der Waals surface area (Å²) in [6.45, 7) is 0. The fourth-order valence-electron chi connectivity index (χ4n) is 1.59. The molecule has 0 fully saturated rings. The summed E-state index contributed by atoms with van der Waals surface area (Å²) in [4.78, 5) is 26.7. The number of carbonyl (C=O) groups is 2. The Hall–Kier alpha value is -0.340. The molecule has 0 saturated carbocycles. The number of benzene rings is 1. The van der Waals surface area contributed by atoms with Crippen molar-refractivity contribution in [1.29, 1.82) is 0 Å². The minimum atomic E-state index is -0.996. The van der Waals surface area contributed by atoms with Gasteiger partial charge in [0.2, 0.25) is 0 Å². The fourth-order valence-corrected chi connectivity index (χ4v) is 3.76. The molecule has 0 aliphatic heterocycles. The zero-order chi connectivity index (χ0) is 14.5. The van der Waals surface area contributed by atoms with E-state index in [0.717, 1.165) is 14.6 Å². The van der Waals surface area contributed by atoms with E-state index in [0.29, 0.717) is 5.75 Å². The van der Waals surface area contributed by atoms with Crippen molar-refractivity contribution in [2.24, 2.45) is 5.92 Å². The molecule has 21 heavy (non-hydrogen) atoms. The summed E-state index contributed by atoms with van der Waals surface area (Å²) < 4.78 is 6.38. The molecule has 1 aromatic carbocycles. The van der Waals surface area contributed by atoms with Gasteiger partial charge in [-0.05, 0) is 12.1 Å². The second-order valence-corrected chi connectivity index (χ2v) is 6.37. The molecule has 0 radical (unpaired) electrons. The Morgan fingerprint density at radius 1 is 1.48 bits per heavy atom. The van der Waals surface area contributed by atoms with Gasteiger partial charge in [-0.25, -0.2) is 4.98 Å². The van der Waals surface area contributed by atoms with Crippen LogP contribution in [0.4, 0.5) is 0 Å². The first-order valence-electron chi connectivity index (χ1n) is 5.88. The van der Waals surface area contributed by atoms with Crippen LogP contribution in [0, 0.1) is 5.92 Å². The molecular formula is C13H15CaNO4S2. The minimum absolute atomic E-state index is 0. The van der Waals surface area contributed by atoms with E-state index in [-0.39, 0.29) is 47.0 Å². The summed E-state index contributed by atoms with van der Waals surface area (Å²) in [5.41, 5.74) is 0.903. The molecule has 0 aliphatic carbocycles. The van der Waals surface area contributed by atoms with Crippen LogP contribution in [-0.4, -0.2) is 72.6 Å². The molecule has 1 atom stereocenters. The molecule has 0 amide bonds. The van der Waals surface area contributed by atoms with E-state index in [2.05, 4.69) is 9.72 Å². The summed E-state index contributed by atoms with van der Waals surface area (Å²) in [7, 11) is 1.25. The molecule has 0 aliphatic rings. The van der Waals surface area contributed by atoms with E-state index in [1.54, 1.807) is 0 Å². The molecule has 0 spiro atoms. The van der Waals surface area contributed by atoms with Crippen LogP contribution < -0.4 is 0 Å². The number of rotatable bonds is 6. The Kier molecular flexibility index (Phi) is 7.97. The van der Waals surface area contributed by atoms with Crippen molar-refractivity contribution < 1.29 is 22.3 Å². The Morgan fingerprint density at radius 2 is 2.19 bits per heavy atom. The minimum Gasteiger partial charge on any atom is -1.00 e. The Bertz CT molecular complexity index is 608. The van der Waals surface area contributed by atoms with Crippen molar-refractivity contribution in [3.8, 4) is 0 Å². The number of nitrogens with zero attached hydrogens (tertiary/aromatic N) is 1. The van der Waals surface area contributed by atoms with Gasteiger partial charge in [0.25, 0.3) is 0 Å².